The minimum absolute atomic E-state index is 0.218. The van der Waals surface area contributed by atoms with Crippen molar-refractivity contribution in [3.05, 3.63) is 35.9 Å². The van der Waals surface area contributed by atoms with E-state index in [4.69, 9.17) is 5.73 Å². The number of nitrogens with two attached hydrogens (primary N) is 1. The normalized spacial score (nSPS) is 14.5. The zero-order valence-corrected chi connectivity index (χ0v) is 16.1. The van der Waals surface area contributed by atoms with Crippen LogP contribution < -0.4 is 16.4 Å². The molecule has 0 saturated carbocycles. The number of carbonyl (C=O) groups excluding carboxylic acids is 2. The van der Waals surface area contributed by atoms with Crippen LogP contribution in [0.2, 0.25) is 0 Å². The standard InChI is InChI=1S/C20H33N3O3/c1-4-5-11-22-19(25)17(12-14(2)3)23-20(26)18(24)16(21)13-15-9-7-6-8-10-15/h6-10,14,16-18,24H,4-5,11-13,21H2,1-3H3,(H,22,25)(H,23,26)/t16-,17+,18+/m1/s1. The molecule has 0 fully saturated rings. The van der Waals surface area contributed by atoms with Crippen molar-refractivity contribution in [3.8, 4) is 0 Å². The number of benzene rings is 1. The van der Waals surface area contributed by atoms with Crippen molar-refractivity contribution in [1.82, 2.24) is 10.6 Å². The zero-order chi connectivity index (χ0) is 19.5. The number of unbranched alkanes of at least 4 members (excludes halogenated alkanes) is 1. The van der Waals surface area contributed by atoms with Gasteiger partial charge < -0.3 is 21.5 Å². The molecular formula is C20H33N3O3. The summed E-state index contributed by atoms with van der Waals surface area (Å²) in [5.41, 5.74) is 6.94. The van der Waals surface area contributed by atoms with Gasteiger partial charge >= 0.3 is 0 Å². The average Bonchev–Trinajstić information content (AvgIpc) is 2.60. The first-order valence-electron chi connectivity index (χ1n) is 9.40. The lowest BCUT2D eigenvalue weighted by Gasteiger charge is -2.24. The van der Waals surface area contributed by atoms with Crippen molar-refractivity contribution in [3.63, 3.8) is 0 Å². The van der Waals surface area contributed by atoms with E-state index < -0.39 is 24.1 Å². The summed E-state index contributed by atoms with van der Waals surface area (Å²) in [6.45, 7) is 6.59. The minimum atomic E-state index is -1.37. The van der Waals surface area contributed by atoms with Crippen LogP contribution in [0, 0.1) is 5.92 Å². The van der Waals surface area contributed by atoms with Crippen molar-refractivity contribution in [2.45, 2.75) is 64.6 Å². The summed E-state index contributed by atoms with van der Waals surface area (Å²) in [6, 6.07) is 8.05. The van der Waals surface area contributed by atoms with Gasteiger partial charge in [-0.05, 0) is 30.7 Å². The Morgan fingerprint density at radius 2 is 1.81 bits per heavy atom. The van der Waals surface area contributed by atoms with Crippen LogP contribution >= 0.6 is 0 Å². The summed E-state index contributed by atoms with van der Waals surface area (Å²) in [7, 11) is 0. The Labute approximate surface area is 156 Å². The van der Waals surface area contributed by atoms with Crippen LogP contribution in [0.1, 0.15) is 45.6 Å². The van der Waals surface area contributed by atoms with E-state index in [1.54, 1.807) is 0 Å². The number of aliphatic hydroxyl groups is 1. The molecule has 146 valence electrons. The third kappa shape index (κ3) is 7.97. The molecule has 0 unspecified atom stereocenters. The molecule has 1 aromatic rings. The second kappa shape index (κ2) is 11.6. The third-order valence-electron chi connectivity index (χ3n) is 4.16. The Morgan fingerprint density at radius 3 is 2.38 bits per heavy atom. The molecule has 6 nitrogen and oxygen atoms in total. The van der Waals surface area contributed by atoms with Crippen LogP contribution in [-0.4, -0.2) is 41.7 Å². The van der Waals surface area contributed by atoms with Gasteiger partial charge in [-0.25, -0.2) is 0 Å². The Bertz CT molecular complexity index is 548. The van der Waals surface area contributed by atoms with E-state index in [2.05, 4.69) is 10.6 Å². The maximum Gasteiger partial charge on any atom is 0.251 e. The molecule has 0 aliphatic heterocycles. The van der Waals surface area contributed by atoms with Gasteiger partial charge in [-0.3, -0.25) is 9.59 Å². The predicted octanol–water partition coefficient (Wildman–Crippen LogP) is 1.36. The molecule has 2 amide bonds. The second-order valence-corrected chi connectivity index (χ2v) is 7.13. The Balaban J connectivity index is 2.63. The topological polar surface area (TPSA) is 104 Å². The molecule has 0 aromatic heterocycles. The van der Waals surface area contributed by atoms with Crippen molar-refractivity contribution >= 4 is 11.8 Å². The summed E-state index contributed by atoms with van der Waals surface area (Å²) in [6.07, 6.45) is 1.39. The lowest BCUT2D eigenvalue weighted by Crippen LogP contribution is -2.54. The Kier molecular flexibility index (Phi) is 9.91. The molecule has 1 rings (SSSR count). The first-order valence-corrected chi connectivity index (χ1v) is 9.40. The van der Waals surface area contributed by atoms with E-state index >= 15 is 0 Å². The Hall–Kier alpha value is -1.92. The third-order valence-corrected chi connectivity index (χ3v) is 4.16. The Morgan fingerprint density at radius 1 is 1.15 bits per heavy atom. The number of nitrogens with one attached hydrogen (secondary N) is 2. The van der Waals surface area contributed by atoms with Crippen LogP contribution in [0.15, 0.2) is 30.3 Å². The summed E-state index contributed by atoms with van der Waals surface area (Å²) in [5, 5.41) is 15.8. The molecule has 0 aliphatic carbocycles. The van der Waals surface area contributed by atoms with Gasteiger partial charge in [0.05, 0.1) is 0 Å². The summed E-state index contributed by atoms with van der Waals surface area (Å²) in [4.78, 5) is 24.7. The summed E-state index contributed by atoms with van der Waals surface area (Å²) in [5.74, 6) is -0.596. The summed E-state index contributed by atoms with van der Waals surface area (Å²) >= 11 is 0. The van der Waals surface area contributed by atoms with Crippen molar-refractivity contribution in [2.24, 2.45) is 11.7 Å². The first-order chi connectivity index (χ1) is 12.3. The fourth-order valence-corrected chi connectivity index (χ4v) is 2.66. The van der Waals surface area contributed by atoms with Gasteiger partial charge in [0.25, 0.3) is 5.91 Å². The van der Waals surface area contributed by atoms with Crippen LogP contribution in [0.5, 0.6) is 0 Å². The second-order valence-electron chi connectivity index (χ2n) is 7.13. The number of rotatable bonds is 11. The smallest absolute Gasteiger partial charge is 0.251 e. The molecule has 5 N–H and O–H groups in total. The number of amides is 2. The fraction of sp³-hybridized carbons (Fsp3) is 0.600. The van der Waals surface area contributed by atoms with E-state index in [9.17, 15) is 14.7 Å². The molecular weight excluding hydrogens is 330 g/mol. The maximum atomic E-state index is 12.4. The molecule has 0 heterocycles. The van der Waals surface area contributed by atoms with Crippen molar-refractivity contribution < 1.29 is 14.7 Å². The SMILES string of the molecule is CCCCNC(=O)[C@H](CC(C)C)NC(=O)[C@@H](O)[C@H](N)Cc1ccccc1. The van der Waals surface area contributed by atoms with E-state index in [0.717, 1.165) is 18.4 Å². The van der Waals surface area contributed by atoms with Gasteiger partial charge in [0.2, 0.25) is 5.91 Å². The fourth-order valence-electron chi connectivity index (χ4n) is 2.66. The van der Waals surface area contributed by atoms with Crippen molar-refractivity contribution in [2.75, 3.05) is 6.54 Å². The number of carbonyl (C=O) groups is 2. The quantitative estimate of drug-likeness (QED) is 0.446. The van der Waals surface area contributed by atoms with Crippen LogP contribution in [0.3, 0.4) is 0 Å². The van der Waals surface area contributed by atoms with Gasteiger partial charge in [0.15, 0.2) is 0 Å². The lowest BCUT2D eigenvalue weighted by molar-refractivity contribution is -0.135. The molecule has 0 aliphatic rings. The highest BCUT2D eigenvalue weighted by Crippen LogP contribution is 2.08. The van der Waals surface area contributed by atoms with Gasteiger partial charge in [-0.2, -0.15) is 0 Å². The number of aliphatic hydroxyl groups excluding tert-OH is 1. The lowest BCUT2D eigenvalue weighted by atomic mass is 9.99. The van der Waals surface area contributed by atoms with E-state index in [1.165, 1.54) is 0 Å². The van der Waals surface area contributed by atoms with Gasteiger partial charge in [-0.1, -0.05) is 57.5 Å². The minimum Gasteiger partial charge on any atom is -0.382 e. The van der Waals surface area contributed by atoms with Crippen LogP contribution in [-0.2, 0) is 16.0 Å². The van der Waals surface area contributed by atoms with E-state index in [-0.39, 0.29) is 11.8 Å². The van der Waals surface area contributed by atoms with Crippen LogP contribution in [0.4, 0.5) is 0 Å². The highest BCUT2D eigenvalue weighted by Gasteiger charge is 2.28. The highest BCUT2D eigenvalue weighted by molar-refractivity contribution is 5.89. The molecule has 0 bridgehead atoms. The van der Waals surface area contributed by atoms with Crippen molar-refractivity contribution in [1.29, 1.82) is 0 Å². The number of hydrogen-bond acceptors (Lipinski definition) is 4. The predicted molar refractivity (Wildman–Crippen MR) is 103 cm³/mol. The average molecular weight is 364 g/mol. The number of hydrogen-bond donors (Lipinski definition) is 4. The van der Waals surface area contributed by atoms with Gasteiger partial charge in [-0.15, -0.1) is 0 Å². The van der Waals surface area contributed by atoms with Gasteiger partial charge in [0.1, 0.15) is 12.1 Å². The van der Waals surface area contributed by atoms with Gasteiger partial charge in [0, 0.05) is 12.6 Å². The molecule has 0 saturated heterocycles. The zero-order valence-electron chi connectivity index (χ0n) is 16.1. The molecule has 0 radical (unpaired) electrons. The van der Waals surface area contributed by atoms with E-state index in [1.807, 2.05) is 51.1 Å². The monoisotopic (exact) mass is 363 g/mol. The maximum absolute atomic E-state index is 12.4. The molecule has 6 heteroatoms. The highest BCUT2D eigenvalue weighted by atomic mass is 16.3. The largest absolute Gasteiger partial charge is 0.382 e. The first kappa shape index (κ1) is 22.1. The molecule has 0 spiro atoms. The molecule has 26 heavy (non-hydrogen) atoms. The van der Waals surface area contributed by atoms with E-state index in [0.29, 0.717) is 19.4 Å². The summed E-state index contributed by atoms with van der Waals surface area (Å²) < 4.78 is 0. The molecule has 1 aromatic carbocycles. The van der Waals surface area contributed by atoms with Crippen LogP contribution in [0.25, 0.3) is 0 Å². The molecule has 3 atom stereocenters.